The summed E-state index contributed by atoms with van der Waals surface area (Å²) in [6, 6.07) is -0.00767. The Bertz CT molecular complexity index is 508. The van der Waals surface area contributed by atoms with Crippen LogP contribution in [-0.4, -0.2) is 44.4 Å². The molecule has 2 rings (SSSR count). The van der Waals surface area contributed by atoms with Gasteiger partial charge in [-0.25, -0.2) is 0 Å². The van der Waals surface area contributed by atoms with Crippen LogP contribution in [0.3, 0.4) is 0 Å². The monoisotopic (exact) mass is 346 g/mol. The van der Waals surface area contributed by atoms with Crippen LogP contribution in [0, 0.1) is 17.8 Å². The number of piperidine rings is 1. The van der Waals surface area contributed by atoms with E-state index in [1.165, 1.54) is 4.31 Å². The highest BCUT2D eigenvalue weighted by molar-refractivity contribution is 7.87. The first-order valence-electron chi connectivity index (χ1n) is 8.79. The van der Waals surface area contributed by atoms with Gasteiger partial charge in [0.15, 0.2) is 0 Å². The van der Waals surface area contributed by atoms with Crippen molar-refractivity contribution in [2.45, 2.75) is 58.9 Å². The fraction of sp³-hybridized carbons (Fsp3) is 0.938. The number of esters is 1. The average molecular weight is 346 g/mol. The first kappa shape index (κ1) is 18.7. The van der Waals surface area contributed by atoms with Crippen molar-refractivity contribution in [3.8, 4) is 0 Å². The van der Waals surface area contributed by atoms with Crippen LogP contribution in [0.25, 0.3) is 0 Å². The quantitative estimate of drug-likeness (QED) is 0.772. The van der Waals surface area contributed by atoms with Crippen molar-refractivity contribution in [1.29, 1.82) is 0 Å². The lowest BCUT2D eigenvalue weighted by atomic mass is 9.78. The van der Waals surface area contributed by atoms with Gasteiger partial charge < -0.3 is 4.74 Å². The topological polar surface area (TPSA) is 75.7 Å². The minimum atomic E-state index is -3.55. The number of hydrogen-bond donors (Lipinski definition) is 1. The van der Waals surface area contributed by atoms with E-state index in [1.54, 1.807) is 6.92 Å². The van der Waals surface area contributed by atoms with Gasteiger partial charge >= 0.3 is 5.97 Å². The zero-order chi connectivity index (χ0) is 17.0. The maximum absolute atomic E-state index is 12.7. The highest BCUT2D eigenvalue weighted by atomic mass is 32.2. The number of ether oxygens (including phenoxy) is 1. The molecule has 6 nitrogen and oxygen atoms in total. The van der Waals surface area contributed by atoms with Crippen molar-refractivity contribution in [3.05, 3.63) is 0 Å². The smallest absolute Gasteiger partial charge is 0.310 e. The lowest BCUT2D eigenvalue weighted by Gasteiger charge is -2.37. The van der Waals surface area contributed by atoms with Crippen molar-refractivity contribution < 1.29 is 17.9 Å². The van der Waals surface area contributed by atoms with Crippen LogP contribution in [0.4, 0.5) is 0 Å². The van der Waals surface area contributed by atoms with E-state index < -0.39 is 10.2 Å². The minimum absolute atomic E-state index is 0.00767. The van der Waals surface area contributed by atoms with Crippen LogP contribution in [0.1, 0.15) is 52.9 Å². The third-order valence-electron chi connectivity index (χ3n) is 5.35. The summed E-state index contributed by atoms with van der Waals surface area (Å²) >= 11 is 0. The SMILES string of the molecule is CCOC(=O)[C@@H]1CCCN(S(=O)(=O)N[C@@H]2CCC[C@H](C)[C@@H]2C)C1. The summed E-state index contributed by atoms with van der Waals surface area (Å²) in [5, 5.41) is 0. The number of hydrogen-bond acceptors (Lipinski definition) is 4. The number of rotatable bonds is 5. The Labute approximate surface area is 140 Å². The molecule has 1 N–H and O–H groups in total. The Morgan fingerprint density at radius 3 is 2.65 bits per heavy atom. The second-order valence-corrected chi connectivity index (χ2v) is 8.65. The molecule has 2 aliphatic rings. The van der Waals surface area contributed by atoms with E-state index in [0.29, 0.717) is 37.8 Å². The Kier molecular flexibility index (Phi) is 6.45. The van der Waals surface area contributed by atoms with Gasteiger partial charge in [0.2, 0.25) is 0 Å². The molecule has 0 radical (unpaired) electrons. The van der Waals surface area contributed by atoms with E-state index in [0.717, 1.165) is 19.3 Å². The van der Waals surface area contributed by atoms with Gasteiger partial charge in [-0.2, -0.15) is 17.4 Å². The first-order chi connectivity index (χ1) is 10.8. The Balaban J connectivity index is 1.99. The molecule has 23 heavy (non-hydrogen) atoms. The maximum Gasteiger partial charge on any atom is 0.310 e. The van der Waals surface area contributed by atoms with E-state index in [9.17, 15) is 13.2 Å². The Morgan fingerprint density at radius 1 is 1.22 bits per heavy atom. The third kappa shape index (κ3) is 4.67. The lowest BCUT2D eigenvalue weighted by Crippen LogP contribution is -2.52. The van der Waals surface area contributed by atoms with Crippen LogP contribution < -0.4 is 4.72 Å². The van der Waals surface area contributed by atoms with Crippen molar-refractivity contribution in [3.63, 3.8) is 0 Å². The summed E-state index contributed by atoms with van der Waals surface area (Å²) in [6.45, 7) is 7.10. The van der Waals surface area contributed by atoms with E-state index in [2.05, 4.69) is 18.6 Å². The van der Waals surface area contributed by atoms with Crippen LogP contribution >= 0.6 is 0 Å². The molecule has 0 aromatic carbocycles. The minimum Gasteiger partial charge on any atom is -0.466 e. The Hall–Kier alpha value is -0.660. The molecule has 1 saturated heterocycles. The van der Waals surface area contributed by atoms with Gasteiger partial charge in [0.1, 0.15) is 0 Å². The summed E-state index contributed by atoms with van der Waals surface area (Å²) < 4.78 is 34.7. The summed E-state index contributed by atoms with van der Waals surface area (Å²) in [7, 11) is -3.55. The van der Waals surface area contributed by atoms with Gasteiger partial charge in [-0.05, 0) is 38.0 Å². The Morgan fingerprint density at radius 2 is 1.96 bits per heavy atom. The molecule has 2 fully saturated rings. The molecule has 1 heterocycles. The molecule has 0 aromatic rings. The van der Waals surface area contributed by atoms with E-state index in [-0.39, 0.29) is 24.5 Å². The average Bonchev–Trinajstić information content (AvgIpc) is 2.52. The molecular weight excluding hydrogens is 316 g/mol. The predicted molar refractivity (Wildman–Crippen MR) is 89.0 cm³/mol. The highest BCUT2D eigenvalue weighted by Crippen LogP contribution is 2.30. The number of nitrogens with one attached hydrogen (secondary N) is 1. The van der Waals surface area contributed by atoms with Crippen molar-refractivity contribution in [1.82, 2.24) is 9.03 Å². The van der Waals surface area contributed by atoms with E-state index >= 15 is 0 Å². The van der Waals surface area contributed by atoms with Crippen LogP contribution in [-0.2, 0) is 19.7 Å². The molecule has 4 atom stereocenters. The number of carbonyl (C=O) groups excluding carboxylic acids is 1. The van der Waals surface area contributed by atoms with Gasteiger partial charge in [-0.15, -0.1) is 0 Å². The van der Waals surface area contributed by atoms with Crippen molar-refractivity contribution in [2.75, 3.05) is 19.7 Å². The normalized spacial score (nSPS) is 33.3. The van der Waals surface area contributed by atoms with Crippen molar-refractivity contribution in [2.24, 2.45) is 17.8 Å². The summed E-state index contributed by atoms with van der Waals surface area (Å²) in [5.41, 5.74) is 0. The molecule has 0 spiro atoms. The van der Waals surface area contributed by atoms with Gasteiger partial charge in [0.05, 0.1) is 12.5 Å². The van der Waals surface area contributed by atoms with Gasteiger partial charge in [-0.1, -0.05) is 26.7 Å². The standard InChI is InChI=1S/C16H30N2O4S/c1-4-22-16(19)14-8-6-10-18(11-14)23(20,21)17-15-9-5-7-12(2)13(15)3/h12-15,17H,4-11H2,1-3H3/t12-,13-,14+,15+/m0/s1. The molecule has 0 aromatic heterocycles. The fourth-order valence-electron chi connectivity index (χ4n) is 3.63. The van der Waals surface area contributed by atoms with Gasteiger partial charge in [0, 0.05) is 19.1 Å². The molecule has 1 saturated carbocycles. The van der Waals surface area contributed by atoms with E-state index in [4.69, 9.17) is 4.74 Å². The molecule has 1 aliphatic carbocycles. The summed E-state index contributed by atoms with van der Waals surface area (Å²) in [6.07, 6.45) is 4.50. The number of nitrogens with zero attached hydrogens (tertiary/aromatic N) is 1. The van der Waals surface area contributed by atoms with E-state index in [1.807, 2.05) is 0 Å². The predicted octanol–water partition coefficient (Wildman–Crippen LogP) is 1.92. The van der Waals surface area contributed by atoms with Crippen LogP contribution in [0.5, 0.6) is 0 Å². The van der Waals surface area contributed by atoms with Crippen LogP contribution in [0.15, 0.2) is 0 Å². The molecule has 1 aliphatic heterocycles. The van der Waals surface area contributed by atoms with Crippen LogP contribution in [0.2, 0.25) is 0 Å². The second-order valence-electron chi connectivity index (χ2n) is 6.95. The van der Waals surface area contributed by atoms with Gasteiger partial charge in [-0.3, -0.25) is 4.79 Å². The first-order valence-corrected chi connectivity index (χ1v) is 10.2. The third-order valence-corrected chi connectivity index (χ3v) is 6.96. The largest absolute Gasteiger partial charge is 0.466 e. The molecule has 7 heteroatoms. The zero-order valence-electron chi connectivity index (χ0n) is 14.5. The number of carbonyl (C=O) groups is 1. The molecule has 134 valence electrons. The fourth-order valence-corrected chi connectivity index (χ4v) is 5.24. The van der Waals surface area contributed by atoms with Crippen molar-refractivity contribution >= 4 is 16.2 Å². The molecular formula is C16H30N2O4S. The molecule has 0 amide bonds. The molecule has 0 bridgehead atoms. The zero-order valence-corrected chi connectivity index (χ0v) is 15.3. The lowest BCUT2D eigenvalue weighted by molar-refractivity contribution is -0.149. The highest BCUT2D eigenvalue weighted by Gasteiger charge is 2.36. The maximum atomic E-state index is 12.7. The second kappa shape index (κ2) is 7.94. The van der Waals surface area contributed by atoms with Gasteiger partial charge in [0.25, 0.3) is 10.2 Å². The molecule has 0 unspecified atom stereocenters. The summed E-state index contributed by atoms with van der Waals surface area (Å²) in [5.74, 6) is 0.240. The summed E-state index contributed by atoms with van der Waals surface area (Å²) in [4.78, 5) is 11.9.